The van der Waals surface area contributed by atoms with E-state index >= 15 is 0 Å². The highest BCUT2D eigenvalue weighted by Crippen LogP contribution is 2.16. The maximum absolute atomic E-state index is 12.0. The molecule has 0 saturated heterocycles. The van der Waals surface area contributed by atoms with Crippen LogP contribution in [0.1, 0.15) is 46.0 Å². The summed E-state index contributed by atoms with van der Waals surface area (Å²) in [5.41, 5.74) is 0. The molecule has 2 atom stereocenters. The molecule has 4 nitrogen and oxygen atoms in total. The third-order valence-electron chi connectivity index (χ3n) is 2.11. The van der Waals surface area contributed by atoms with Crippen molar-refractivity contribution in [1.82, 2.24) is 14.7 Å². The van der Waals surface area contributed by atoms with Crippen molar-refractivity contribution in [3.63, 3.8) is 0 Å². The van der Waals surface area contributed by atoms with E-state index in [1.54, 1.807) is 18.5 Å². The van der Waals surface area contributed by atoms with E-state index in [0.717, 1.165) is 6.42 Å². The zero-order valence-electron chi connectivity index (χ0n) is 10.2. The van der Waals surface area contributed by atoms with E-state index in [-0.39, 0.29) is 10.8 Å². The summed E-state index contributed by atoms with van der Waals surface area (Å²) in [6.07, 6.45) is 4.21. The van der Waals surface area contributed by atoms with Crippen LogP contribution in [0.5, 0.6) is 0 Å². The molecule has 5 heteroatoms. The molecule has 0 saturated carbocycles. The van der Waals surface area contributed by atoms with Crippen LogP contribution in [-0.2, 0) is 11.0 Å². The summed E-state index contributed by atoms with van der Waals surface area (Å²) in [7, 11) is -1.10. The average molecular weight is 241 g/mol. The molecule has 0 spiro atoms. The van der Waals surface area contributed by atoms with Crippen LogP contribution in [0.15, 0.2) is 18.5 Å². The minimum atomic E-state index is -1.10. The Kier molecular flexibility index (Phi) is 4.56. The Balaban J connectivity index is 2.75. The normalized spacial score (nSPS) is 15.8. The van der Waals surface area contributed by atoms with E-state index in [2.05, 4.69) is 14.7 Å². The van der Waals surface area contributed by atoms with Crippen LogP contribution >= 0.6 is 0 Å². The molecule has 0 aliphatic rings. The summed E-state index contributed by atoms with van der Waals surface area (Å²) in [5, 5.41) is 0. The summed E-state index contributed by atoms with van der Waals surface area (Å²) in [5.74, 6) is 0.697. The lowest BCUT2D eigenvalue weighted by atomic mass is 10.2. The first-order valence-electron chi connectivity index (χ1n) is 5.40. The fourth-order valence-corrected chi connectivity index (χ4v) is 2.00. The van der Waals surface area contributed by atoms with Crippen LogP contribution in [0.4, 0.5) is 0 Å². The van der Waals surface area contributed by atoms with E-state index in [1.807, 2.05) is 27.7 Å². The number of hydrogen-bond acceptors (Lipinski definition) is 3. The highest BCUT2D eigenvalue weighted by molar-refractivity contribution is 7.84. The van der Waals surface area contributed by atoms with Crippen molar-refractivity contribution in [2.75, 3.05) is 0 Å². The largest absolute Gasteiger partial charge is 0.242 e. The lowest BCUT2D eigenvalue weighted by Crippen LogP contribution is -2.36. The number of aromatic nitrogens is 2. The van der Waals surface area contributed by atoms with Gasteiger partial charge in [0.25, 0.3) is 0 Å². The molecule has 0 aliphatic carbocycles. The Morgan fingerprint density at radius 2 is 1.94 bits per heavy atom. The first-order valence-corrected chi connectivity index (χ1v) is 6.55. The predicted molar refractivity (Wildman–Crippen MR) is 66.1 cm³/mol. The van der Waals surface area contributed by atoms with Crippen molar-refractivity contribution in [1.29, 1.82) is 0 Å². The number of nitrogens with one attached hydrogen (secondary N) is 1. The minimum Gasteiger partial charge on any atom is -0.242 e. The van der Waals surface area contributed by atoms with Crippen LogP contribution in [0.3, 0.4) is 0 Å². The Morgan fingerprint density at radius 3 is 2.38 bits per heavy atom. The third kappa shape index (κ3) is 3.64. The van der Waals surface area contributed by atoms with Crippen molar-refractivity contribution in [3.8, 4) is 0 Å². The molecule has 0 radical (unpaired) electrons. The van der Waals surface area contributed by atoms with Crippen LogP contribution in [0.2, 0.25) is 0 Å². The molecule has 0 aromatic carbocycles. The molecule has 0 aliphatic heterocycles. The minimum absolute atomic E-state index is 0.0544. The van der Waals surface area contributed by atoms with E-state index in [0.29, 0.717) is 5.82 Å². The Hall–Kier alpha value is -0.810. The highest BCUT2D eigenvalue weighted by Gasteiger charge is 2.23. The maximum Gasteiger partial charge on any atom is 0.146 e. The van der Waals surface area contributed by atoms with E-state index in [4.69, 9.17) is 0 Å². The fraction of sp³-hybridized carbons (Fsp3) is 0.636. The molecule has 90 valence electrons. The molecule has 0 bridgehead atoms. The lowest BCUT2D eigenvalue weighted by molar-refractivity contribution is 0.567. The van der Waals surface area contributed by atoms with Crippen molar-refractivity contribution < 1.29 is 4.21 Å². The molecule has 1 rings (SSSR count). The van der Waals surface area contributed by atoms with Crippen molar-refractivity contribution in [3.05, 3.63) is 24.3 Å². The zero-order valence-corrected chi connectivity index (χ0v) is 11.0. The summed E-state index contributed by atoms with van der Waals surface area (Å²) in [6, 6.07) is 1.72. The third-order valence-corrected chi connectivity index (χ3v) is 3.72. The SMILES string of the molecule is CC[C@H](N[S@](=O)C(C)(C)C)c1ncccn1. The number of nitrogens with zero attached hydrogens (tertiary/aromatic N) is 2. The van der Waals surface area contributed by atoms with Gasteiger partial charge in [-0.2, -0.15) is 0 Å². The van der Waals surface area contributed by atoms with Crippen LogP contribution < -0.4 is 4.72 Å². The topological polar surface area (TPSA) is 54.9 Å². The Labute approximate surface area is 99.5 Å². The quantitative estimate of drug-likeness (QED) is 0.877. The van der Waals surface area contributed by atoms with Crippen LogP contribution in [0.25, 0.3) is 0 Å². The van der Waals surface area contributed by atoms with Crippen LogP contribution in [0, 0.1) is 0 Å². The van der Waals surface area contributed by atoms with Gasteiger partial charge in [-0.25, -0.2) is 18.9 Å². The van der Waals surface area contributed by atoms with Gasteiger partial charge in [-0.3, -0.25) is 0 Å². The van der Waals surface area contributed by atoms with Crippen molar-refractivity contribution in [2.24, 2.45) is 0 Å². The summed E-state index contributed by atoms with van der Waals surface area (Å²) >= 11 is 0. The second-order valence-electron chi connectivity index (χ2n) is 4.57. The fourth-order valence-electron chi connectivity index (χ4n) is 1.12. The molecule has 0 amide bonds. The van der Waals surface area contributed by atoms with Gasteiger partial charge in [0.15, 0.2) is 0 Å². The highest BCUT2D eigenvalue weighted by atomic mass is 32.2. The first-order chi connectivity index (χ1) is 7.45. The van der Waals surface area contributed by atoms with Gasteiger partial charge in [-0.15, -0.1) is 0 Å². The molecule has 0 unspecified atom stereocenters. The van der Waals surface area contributed by atoms with Gasteiger partial charge in [0.1, 0.15) is 5.82 Å². The van der Waals surface area contributed by atoms with Gasteiger partial charge in [0, 0.05) is 12.4 Å². The zero-order chi connectivity index (χ0) is 12.2. The van der Waals surface area contributed by atoms with E-state index < -0.39 is 11.0 Å². The first kappa shape index (κ1) is 13.3. The predicted octanol–water partition coefficient (Wildman–Crippen LogP) is 1.98. The molecule has 0 fully saturated rings. The molecular formula is C11H19N3OS. The van der Waals surface area contributed by atoms with Gasteiger partial charge < -0.3 is 0 Å². The Morgan fingerprint density at radius 1 is 1.38 bits per heavy atom. The van der Waals surface area contributed by atoms with Crippen molar-refractivity contribution >= 4 is 11.0 Å². The van der Waals surface area contributed by atoms with Gasteiger partial charge in [0.2, 0.25) is 0 Å². The number of hydrogen-bond donors (Lipinski definition) is 1. The van der Waals surface area contributed by atoms with Gasteiger partial charge in [-0.05, 0) is 33.3 Å². The van der Waals surface area contributed by atoms with E-state index in [9.17, 15) is 4.21 Å². The Bertz CT molecular complexity index is 348. The summed E-state index contributed by atoms with van der Waals surface area (Å²) < 4.78 is 14.7. The molecule has 1 aromatic rings. The molecular weight excluding hydrogens is 222 g/mol. The van der Waals surface area contributed by atoms with Gasteiger partial charge >= 0.3 is 0 Å². The van der Waals surface area contributed by atoms with E-state index in [1.165, 1.54) is 0 Å². The van der Waals surface area contributed by atoms with Crippen LogP contribution in [-0.4, -0.2) is 18.9 Å². The smallest absolute Gasteiger partial charge is 0.146 e. The molecule has 1 aromatic heterocycles. The number of rotatable bonds is 4. The second-order valence-corrected chi connectivity index (χ2v) is 6.56. The average Bonchev–Trinajstić information content (AvgIpc) is 2.25. The summed E-state index contributed by atoms with van der Waals surface area (Å²) in [6.45, 7) is 7.84. The van der Waals surface area contributed by atoms with Crippen molar-refractivity contribution in [2.45, 2.75) is 44.9 Å². The standard InChI is InChI=1S/C11H19N3OS/c1-5-9(10-12-7-6-8-13-10)14-16(15)11(2,3)4/h6-9,14H,5H2,1-4H3/t9-,16+/m0/s1. The van der Waals surface area contributed by atoms with Gasteiger partial charge in [-0.1, -0.05) is 6.92 Å². The lowest BCUT2D eigenvalue weighted by Gasteiger charge is -2.22. The maximum atomic E-state index is 12.0. The summed E-state index contributed by atoms with van der Waals surface area (Å²) in [4.78, 5) is 8.35. The monoisotopic (exact) mass is 241 g/mol. The van der Waals surface area contributed by atoms with Gasteiger partial charge in [0.05, 0.1) is 21.8 Å². The second kappa shape index (κ2) is 5.50. The molecule has 1 heterocycles. The molecule has 1 N–H and O–H groups in total. The molecule has 16 heavy (non-hydrogen) atoms.